The van der Waals surface area contributed by atoms with Crippen molar-refractivity contribution in [1.82, 2.24) is 0 Å². The van der Waals surface area contributed by atoms with Gasteiger partial charge in [-0.1, -0.05) is 137 Å². The number of phosphoric acid groups is 1. The van der Waals surface area contributed by atoms with Gasteiger partial charge in [-0.15, -0.1) is 0 Å². The molecule has 1 N–H and O–H groups in total. The quantitative estimate of drug-likeness (QED) is 0.0403. The average molecular weight is 686 g/mol. The molecular formula is C30H54BrO8PS. The Kier molecular flexibility index (Phi) is 22.7. The molecule has 0 radical (unpaired) electrons. The largest absolute Gasteiger partial charge is 0.472 e. The standard InChI is InChI=1S/C30H54BrO8PS/c1-3-4-5-6-7-8-9-10-11-12-13-14-15-16-17-18-24-36-26-29(27-38-40(32,33)37-25-23-31)39-41(34,35)30-21-19-28(2)20-22-30/h19-22,29H,3-18,23-27H2,1-2H3,(H,32,33). The van der Waals surface area contributed by atoms with Crippen molar-refractivity contribution >= 4 is 33.9 Å². The Morgan fingerprint density at radius 1 is 0.756 bits per heavy atom. The monoisotopic (exact) mass is 684 g/mol. The first-order chi connectivity index (χ1) is 19.7. The van der Waals surface area contributed by atoms with E-state index in [2.05, 4.69) is 22.9 Å². The second-order valence-electron chi connectivity index (χ2n) is 10.7. The number of phosphoric ester groups is 1. The van der Waals surface area contributed by atoms with E-state index in [1.165, 1.54) is 95.6 Å². The third kappa shape index (κ3) is 21.1. The molecule has 11 heteroatoms. The van der Waals surface area contributed by atoms with E-state index in [1.54, 1.807) is 12.1 Å². The molecule has 0 spiro atoms. The Morgan fingerprint density at radius 2 is 1.24 bits per heavy atom. The van der Waals surface area contributed by atoms with E-state index in [1.807, 2.05) is 6.92 Å². The summed E-state index contributed by atoms with van der Waals surface area (Å²) in [5.74, 6) is 0. The molecule has 0 aliphatic heterocycles. The summed E-state index contributed by atoms with van der Waals surface area (Å²) in [5, 5.41) is 0.352. The molecule has 41 heavy (non-hydrogen) atoms. The van der Waals surface area contributed by atoms with Gasteiger partial charge in [0.05, 0.1) is 24.7 Å². The summed E-state index contributed by atoms with van der Waals surface area (Å²) in [6.45, 7) is 3.96. The highest BCUT2D eigenvalue weighted by atomic mass is 79.9. The van der Waals surface area contributed by atoms with Crippen LogP contribution in [0.5, 0.6) is 0 Å². The fourth-order valence-electron chi connectivity index (χ4n) is 4.37. The zero-order valence-corrected chi connectivity index (χ0v) is 28.6. The molecular weight excluding hydrogens is 631 g/mol. The second kappa shape index (κ2) is 24.1. The van der Waals surface area contributed by atoms with Crippen molar-refractivity contribution in [2.75, 3.05) is 31.8 Å². The minimum atomic E-state index is -4.35. The fraction of sp³-hybridized carbons (Fsp3) is 0.800. The number of alkyl halides is 1. The summed E-state index contributed by atoms with van der Waals surface area (Å²) in [4.78, 5) is 9.81. The SMILES string of the molecule is CCCCCCCCCCCCCCCCCCOCC(COP(=O)(O)OCCBr)OS(=O)(=O)c1ccc(C)cc1. The lowest BCUT2D eigenvalue weighted by Crippen LogP contribution is -2.28. The van der Waals surface area contributed by atoms with Crippen LogP contribution in [-0.4, -0.2) is 51.2 Å². The van der Waals surface area contributed by atoms with E-state index in [9.17, 15) is 17.9 Å². The Morgan fingerprint density at radius 3 is 1.73 bits per heavy atom. The number of benzene rings is 1. The van der Waals surface area contributed by atoms with Crippen LogP contribution in [0.15, 0.2) is 29.2 Å². The van der Waals surface area contributed by atoms with Gasteiger partial charge >= 0.3 is 7.82 Å². The van der Waals surface area contributed by atoms with E-state index >= 15 is 0 Å². The van der Waals surface area contributed by atoms with Crippen molar-refractivity contribution in [3.8, 4) is 0 Å². The Hall–Kier alpha value is -0.320. The Labute approximate surface area is 258 Å². The lowest BCUT2D eigenvalue weighted by atomic mass is 10.0. The lowest BCUT2D eigenvalue weighted by molar-refractivity contribution is 0.0182. The molecule has 0 bridgehead atoms. The normalized spacial score (nSPS) is 14.2. The average Bonchev–Trinajstić information content (AvgIpc) is 2.94. The number of ether oxygens (including phenoxy) is 1. The molecule has 0 aromatic heterocycles. The van der Waals surface area contributed by atoms with Crippen molar-refractivity contribution in [3.63, 3.8) is 0 Å². The van der Waals surface area contributed by atoms with Crippen LogP contribution in [0.3, 0.4) is 0 Å². The molecule has 1 rings (SSSR count). The molecule has 0 amide bonds. The Balaban J connectivity index is 2.25. The first-order valence-corrected chi connectivity index (χ1v) is 19.5. The van der Waals surface area contributed by atoms with Gasteiger partial charge < -0.3 is 9.63 Å². The summed E-state index contributed by atoms with van der Waals surface area (Å²) >= 11 is 3.11. The van der Waals surface area contributed by atoms with Crippen LogP contribution in [0.1, 0.15) is 115 Å². The molecule has 1 aromatic rings. The lowest BCUT2D eigenvalue weighted by Gasteiger charge is -2.19. The van der Waals surface area contributed by atoms with Gasteiger partial charge in [-0.25, -0.2) is 4.57 Å². The Bertz CT molecular complexity index is 914. The van der Waals surface area contributed by atoms with E-state index < -0.39 is 30.7 Å². The van der Waals surface area contributed by atoms with Crippen molar-refractivity contribution in [2.45, 2.75) is 128 Å². The predicted octanol–water partition coefficient (Wildman–Crippen LogP) is 8.88. The third-order valence-electron chi connectivity index (χ3n) is 6.77. The number of aryl methyl sites for hydroxylation is 1. The minimum absolute atomic E-state index is 0.00590. The number of unbranched alkanes of at least 4 members (excludes halogenated alkanes) is 15. The maximum absolute atomic E-state index is 12.7. The maximum atomic E-state index is 12.7. The summed E-state index contributed by atoms with van der Waals surface area (Å²) < 4.78 is 58.3. The van der Waals surface area contributed by atoms with Gasteiger partial charge in [0.2, 0.25) is 0 Å². The number of rotatable bonds is 28. The molecule has 2 unspecified atom stereocenters. The van der Waals surface area contributed by atoms with Crippen molar-refractivity contribution in [3.05, 3.63) is 29.8 Å². The first-order valence-electron chi connectivity index (χ1n) is 15.5. The minimum Gasteiger partial charge on any atom is -0.379 e. The number of halogens is 1. The molecule has 0 fully saturated rings. The molecule has 240 valence electrons. The highest BCUT2D eigenvalue weighted by Crippen LogP contribution is 2.43. The van der Waals surface area contributed by atoms with Crippen LogP contribution >= 0.6 is 23.8 Å². The topological polar surface area (TPSA) is 108 Å². The van der Waals surface area contributed by atoms with Crippen LogP contribution in [-0.2, 0) is 32.7 Å². The van der Waals surface area contributed by atoms with E-state index in [0.29, 0.717) is 11.9 Å². The summed E-state index contributed by atoms with van der Waals surface area (Å²) in [6, 6.07) is 6.25. The highest BCUT2D eigenvalue weighted by molar-refractivity contribution is 9.09. The smallest absolute Gasteiger partial charge is 0.379 e. The summed E-state index contributed by atoms with van der Waals surface area (Å²) in [7, 11) is -8.46. The first kappa shape index (κ1) is 38.7. The van der Waals surface area contributed by atoms with E-state index in [0.717, 1.165) is 24.8 Å². The summed E-state index contributed by atoms with van der Waals surface area (Å²) in [6.07, 6.45) is 19.4. The molecule has 0 saturated heterocycles. The van der Waals surface area contributed by atoms with Crippen LogP contribution in [0.4, 0.5) is 0 Å². The van der Waals surface area contributed by atoms with Gasteiger partial charge in [0.15, 0.2) is 0 Å². The molecule has 1 aromatic carbocycles. The van der Waals surface area contributed by atoms with Gasteiger partial charge in [0, 0.05) is 11.9 Å². The van der Waals surface area contributed by atoms with Crippen molar-refractivity contribution < 1.29 is 35.8 Å². The molecule has 0 saturated carbocycles. The fourth-order valence-corrected chi connectivity index (χ4v) is 6.59. The zero-order chi connectivity index (χ0) is 30.2. The third-order valence-corrected chi connectivity index (χ3v) is 9.46. The van der Waals surface area contributed by atoms with Gasteiger partial charge in [-0.2, -0.15) is 8.42 Å². The summed E-state index contributed by atoms with van der Waals surface area (Å²) in [5.41, 5.74) is 0.913. The van der Waals surface area contributed by atoms with Gasteiger partial charge in [-0.05, 0) is 25.5 Å². The molecule has 8 nitrogen and oxygen atoms in total. The van der Waals surface area contributed by atoms with Crippen LogP contribution in [0, 0.1) is 6.92 Å². The van der Waals surface area contributed by atoms with E-state index in [-0.39, 0.29) is 18.1 Å². The van der Waals surface area contributed by atoms with Crippen LogP contribution in [0.2, 0.25) is 0 Å². The van der Waals surface area contributed by atoms with Crippen molar-refractivity contribution in [2.24, 2.45) is 0 Å². The molecule has 0 heterocycles. The van der Waals surface area contributed by atoms with Gasteiger partial charge in [0.25, 0.3) is 10.1 Å². The maximum Gasteiger partial charge on any atom is 0.472 e. The van der Waals surface area contributed by atoms with Gasteiger partial charge in [-0.3, -0.25) is 13.2 Å². The molecule has 0 aliphatic carbocycles. The zero-order valence-electron chi connectivity index (χ0n) is 25.3. The van der Waals surface area contributed by atoms with Crippen LogP contribution in [0.25, 0.3) is 0 Å². The van der Waals surface area contributed by atoms with E-state index in [4.69, 9.17) is 18.0 Å². The van der Waals surface area contributed by atoms with Gasteiger partial charge in [0.1, 0.15) is 6.10 Å². The highest BCUT2D eigenvalue weighted by Gasteiger charge is 2.27. The van der Waals surface area contributed by atoms with Crippen LogP contribution < -0.4 is 0 Å². The molecule has 2 atom stereocenters. The van der Waals surface area contributed by atoms with Crippen molar-refractivity contribution in [1.29, 1.82) is 0 Å². The number of hydrogen-bond acceptors (Lipinski definition) is 7. The molecule has 0 aliphatic rings. The predicted molar refractivity (Wildman–Crippen MR) is 169 cm³/mol. The second-order valence-corrected chi connectivity index (χ2v) is 14.5. The number of hydrogen-bond donors (Lipinski definition) is 1.